The van der Waals surface area contributed by atoms with E-state index < -0.39 is 0 Å². The number of nitrogens with zero attached hydrogens (tertiary/aromatic N) is 1. The first kappa shape index (κ1) is 15.4. The van der Waals surface area contributed by atoms with Crippen LogP contribution < -0.4 is 9.64 Å². The molecule has 3 aromatic rings. The van der Waals surface area contributed by atoms with Crippen molar-refractivity contribution in [2.45, 2.75) is 0 Å². The molecular formula is C20H12ClNO3. The normalized spacial score (nSPS) is 13.1. The van der Waals surface area contributed by atoms with E-state index in [4.69, 9.17) is 16.3 Å². The summed E-state index contributed by atoms with van der Waals surface area (Å²) in [4.78, 5) is 26.1. The van der Waals surface area contributed by atoms with E-state index in [-0.39, 0.29) is 11.8 Å². The molecule has 0 atom stereocenters. The van der Waals surface area contributed by atoms with Crippen LogP contribution >= 0.6 is 11.6 Å². The van der Waals surface area contributed by atoms with Gasteiger partial charge >= 0.3 is 0 Å². The third-order valence-electron chi connectivity index (χ3n) is 3.92. The quantitative estimate of drug-likeness (QED) is 0.630. The molecule has 4 rings (SSSR count). The van der Waals surface area contributed by atoms with Crippen LogP contribution in [0.25, 0.3) is 0 Å². The van der Waals surface area contributed by atoms with Gasteiger partial charge < -0.3 is 4.74 Å². The maximum absolute atomic E-state index is 12.5. The number of hydrogen-bond acceptors (Lipinski definition) is 3. The molecule has 1 aliphatic heterocycles. The highest BCUT2D eigenvalue weighted by molar-refractivity contribution is 6.34. The molecule has 0 saturated heterocycles. The summed E-state index contributed by atoms with van der Waals surface area (Å²) in [6.45, 7) is 0. The number of amides is 2. The average Bonchev–Trinajstić information content (AvgIpc) is 2.87. The molecule has 0 unspecified atom stereocenters. The zero-order valence-electron chi connectivity index (χ0n) is 13.0. The molecule has 0 N–H and O–H groups in total. The lowest BCUT2D eigenvalue weighted by molar-refractivity contribution is 0.0926. The molecule has 0 bridgehead atoms. The maximum Gasteiger partial charge on any atom is 0.266 e. The molecule has 25 heavy (non-hydrogen) atoms. The number of benzene rings is 3. The minimum absolute atomic E-state index is 0.316. The molecule has 0 fully saturated rings. The third kappa shape index (κ3) is 2.77. The molecule has 1 heterocycles. The summed E-state index contributed by atoms with van der Waals surface area (Å²) < 4.78 is 5.72. The van der Waals surface area contributed by atoms with Crippen LogP contribution in [-0.4, -0.2) is 11.8 Å². The van der Waals surface area contributed by atoms with Crippen molar-refractivity contribution in [2.75, 3.05) is 4.90 Å². The van der Waals surface area contributed by atoms with Gasteiger partial charge in [-0.1, -0.05) is 29.8 Å². The summed E-state index contributed by atoms with van der Waals surface area (Å²) in [6.07, 6.45) is 0. The molecule has 122 valence electrons. The van der Waals surface area contributed by atoms with Crippen LogP contribution in [0.1, 0.15) is 20.7 Å². The van der Waals surface area contributed by atoms with Gasteiger partial charge in [-0.15, -0.1) is 0 Å². The van der Waals surface area contributed by atoms with Crippen molar-refractivity contribution in [1.29, 1.82) is 0 Å². The van der Waals surface area contributed by atoms with Gasteiger partial charge in [0, 0.05) is 5.02 Å². The van der Waals surface area contributed by atoms with Gasteiger partial charge in [-0.05, 0) is 54.6 Å². The molecule has 0 spiro atoms. The Kier molecular flexibility index (Phi) is 3.75. The highest BCUT2D eigenvalue weighted by Gasteiger charge is 2.36. The summed E-state index contributed by atoms with van der Waals surface area (Å²) >= 11 is 5.94. The Morgan fingerprint density at radius 2 is 1.36 bits per heavy atom. The fourth-order valence-electron chi connectivity index (χ4n) is 2.75. The number of imide groups is 1. The summed E-state index contributed by atoms with van der Waals surface area (Å²) in [6, 6.07) is 20.7. The van der Waals surface area contributed by atoms with Crippen molar-refractivity contribution in [1.82, 2.24) is 0 Å². The number of rotatable bonds is 3. The van der Waals surface area contributed by atoms with Crippen LogP contribution in [0.3, 0.4) is 0 Å². The minimum atomic E-state index is -0.316. The van der Waals surface area contributed by atoms with Crippen LogP contribution in [-0.2, 0) is 0 Å². The van der Waals surface area contributed by atoms with Crippen LogP contribution in [0.15, 0.2) is 72.8 Å². The summed E-state index contributed by atoms with van der Waals surface area (Å²) in [5, 5.41) is 0.583. The van der Waals surface area contributed by atoms with Gasteiger partial charge in [0.05, 0.1) is 16.8 Å². The molecule has 0 saturated carbocycles. The van der Waals surface area contributed by atoms with E-state index in [1.807, 2.05) is 0 Å². The van der Waals surface area contributed by atoms with E-state index in [9.17, 15) is 9.59 Å². The smallest absolute Gasteiger partial charge is 0.266 e. The van der Waals surface area contributed by atoms with Crippen LogP contribution in [0.4, 0.5) is 5.69 Å². The molecule has 1 aliphatic rings. The Morgan fingerprint density at radius 1 is 0.720 bits per heavy atom. The van der Waals surface area contributed by atoms with E-state index in [2.05, 4.69) is 0 Å². The van der Waals surface area contributed by atoms with Gasteiger partial charge in [0.15, 0.2) is 0 Å². The van der Waals surface area contributed by atoms with Gasteiger partial charge in [-0.3, -0.25) is 9.59 Å². The van der Waals surface area contributed by atoms with Gasteiger partial charge in [-0.25, -0.2) is 4.90 Å². The Labute approximate surface area is 149 Å². The molecule has 0 radical (unpaired) electrons. The number of ether oxygens (including phenoxy) is 1. The molecule has 3 aromatic carbocycles. The molecule has 0 aromatic heterocycles. The van der Waals surface area contributed by atoms with Gasteiger partial charge in [0.2, 0.25) is 0 Å². The monoisotopic (exact) mass is 349 g/mol. The van der Waals surface area contributed by atoms with Crippen molar-refractivity contribution in [3.05, 3.63) is 88.9 Å². The average molecular weight is 350 g/mol. The second kappa shape index (κ2) is 6.07. The first-order valence-corrected chi connectivity index (χ1v) is 8.02. The van der Waals surface area contributed by atoms with Crippen molar-refractivity contribution in [3.63, 3.8) is 0 Å². The topological polar surface area (TPSA) is 46.6 Å². The van der Waals surface area contributed by atoms with Crippen molar-refractivity contribution in [3.8, 4) is 11.5 Å². The van der Waals surface area contributed by atoms with E-state index in [1.165, 1.54) is 4.90 Å². The van der Waals surface area contributed by atoms with Crippen LogP contribution in [0.5, 0.6) is 11.5 Å². The van der Waals surface area contributed by atoms with Crippen molar-refractivity contribution < 1.29 is 14.3 Å². The molecule has 0 aliphatic carbocycles. The lowest BCUT2D eigenvalue weighted by Crippen LogP contribution is -2.29. The second-order valence-corrected chi connectivity index (χ2v) is 5.98. The van der Waals surface area contributed by atoms with E-state index in [0.29, 0.717) is 33.3 Å². The largest absolute Gasteiger partial charge is 0.457 e. The van der Waals surface area contributed by atoms with E-state index in [0.717, 1.165) is 0 Å². The molecule has 5 heteroatoms. The lowest BCUT2D eigenvalue weighted by atomic mass is 10.1. The van der Waals surface area contributed by atoms with Gasteiger partial charge in [0.1, 0.15) is 11.5 Å². The SMILES string of the molecule is O=C1c2ccccc2C(=O)N1c1ccc(Oc2cccc(Cl)c2)cc1. The number of anilines is 1. The Bertz CT molecular complexity index is 947. The Balaban J connectivity index is 1.59. The first-order chi connectivity index (χ1) is 12.1. The standard InChI is InChI=1S/C20H12ClNO3/c21-13-4-3-5-16(12-13)25-15-10-8-14(9-11-15)22-19(23)17-6-1-2-7-18(17)20(22)24/h1-12H. The number of halogens is 1. The van der Waals surface area contributed by atoms with Crippen molar-refractivity contribution >= 4 is 29.1 Å². The molecular weight excluding hydrogens is 338 g/mol. The van der Waals surface area contributed by atoms with Crippen LogP contribution in [0, 0.1) is 0 Å². The van der Waals surface area contributed by atoms with E-state index >= 15 is 0 Å². The van der Waals surface area contributed by atoms with Gasteiger partial charge in [0.25, 0.3) is 11.8 Å². The predicted molar refractivity (Wildman–Crippen MR) is 95.6 cm³/mol. The zero-order chi connectivity index (χ0) is 17.4. The number of carbonyl (C=O) groups excluding carboxylic acids is 2. The number of carbonyl (C=O) groups is 2. The van der Waals surface area contributed by atoms with Crippen LogP contribution in [0.2, 0.25) is 5.02 Å². The summed E-state index contributed by atoms with van der Waals surface area (Å²) in [7, 11) is 0. The summed E-state index contributed by atoms with van der Waals surface area (Å²) in [5.74, 6) is 0.567. The number of hydrogen-bond donors (Lipinski definition) is 0. The predicted octanol–water partition coefficient (Wildman–Crippen LogP) is 4.93. The van der Waals surface area contributed by atoms with E-state index in [1.54, 1.807) is 72.8 Å². The fraction of sp³-hybridized carbons (Fsp3) is 0. The Hall–Kier alpha value is -3.11. The first-order valence-electron chi connectivity index (χ1n) is 7.65. The number of fused-ring (bicyclic) bond motifs is 1. The third-order valence-corrected chi connectivity index (χ3v) is 4.16. The maximum atomic E-state index is 12.5. The van der Waals surface area contributed by atoms with Crippen molar-refractivity contribution in [2.24, 2.45) is 0 Å². The molecule has 4 nitrogen and oxygen atoms in total. The highest BCUT2D eigenvalue weighted by Crippen LogP contribution is 2.31. The van der Waals surface area contributed by atoms with Gasteiger partial charge in [-0.2, -0.15) is 0 Å². The Morgan fingerprint density at radius 3 is 1.96 bits per heavy atom. The fourth-order valence-corrected chi connectivity index (χ4v) is 2.93. The zero-order valence-corrected chi connectivity index (χ0v) is 13.7. The molecule has 2 amide bonds. The lowest BCUT2D eigenvalue weighted by Gasteiger charge is -2.14. The minimum Gasteiger partial charge on any atom is -0.457 e. The highest BCUT2D eigenvalue weighted by atomic mass is 35.5. The summed E-state index contributed by atoms with van der Waals surface area (Å²) in [5.41, 5.74) is 1.35. The second-order valence-electron chi connectivity index (χ2n) is 5.54.